The van der Waals surface area contributed by atoms with Crippen LogP contribution in [0, 0.1) is 11.3 Å². The predicted octanol–water partition coefficient (Wildman–Crippen LogP) is 5.31. The van der Waals surface area contributed by atoms with Gasteiger partial charge in [-0.1, -0.05) is 58.4 Å². The molecule has 16 heavy (non-hydrogen) atoms. The smallest absolute Gasteiger partial charge is 0.119 e. The quantitative estimate of drug-likeness (QED) is 0.557. The molecular weight excluding hydrogens is 199 g/mol. The minimum Gasteiger partial charge on any atom is -0.243 e. The van der Waals surface area contributed by atoms with Crippen molar-refractivity contribution >= 4 is 0 Å². The molecule has 0 saturated heterocycles. The molecule has 0 rings (SSSR count). The van der Waals surface area contributed by atoms with E-state index in [2.05, 4.69) is 13.0 Å². The van der Waals surface area contributed by atoms with Gasteiger partial charge in [-0.25, -0.2) is 4.39 Å². The third kappa shape index (κ3) is 2.96. The van der Waals surface area contributed by atoms with Crippen molar-refractivity contribution in [2.24, 2.45) is 11.3 Å². The van der Waals surface area contributed by atoms with E-state index in [1.165, 1.54) is 5.57 Å². The van der Waals surface area contributed by atoms with Gasteiger partial charge in [-0.05, 0) is 26.2 Å². The Kier molecular flexibility index (Phi) is 5.44. The molecule has 94 valence electrons. The van der Waals surface area contributed by atoms with Gasteiger partial charge >= 0.3 is 0 Å². The van der Waals surface area contributed by atoms with Gasteiger partial charge in [-0.15, -0.1) is 0 Å². The average molecular weight is 226 g/mol. The molecule has 0 aromatic rings. The van der Waals surface area contributed by atoms with E-state index in [1.807, 2.05) is 46.8 Å². The van der Waals surface area contributed by atoms with E-state index in [-0.39, 0.29) is 5.92 Å². The summed E-state index contributed by atoms with van der Waals surface area (Å²) in [6.45, 7) is 13.7. The summed E-state index contributed by atoms with van der Waals surface area (Å²) in [5, 5.41) is 0. The summed E-state index contributed by atoms with van der Waals surface area (Å²) in [4.78, 5) is 0. The highest BCUT2D eigenvalue weighted by Crippen LogP contribution is 2.46. The molecule has 0 heterocycles. The first kappa shape index (κ1) is 15.4. The molecule has 0 aliphatic heterocycles. The topological polar surface area (TPSA) is 0 Å². The summed E-state index contributed by atoms with van der Waals surface area (Å²) in [5.74, 6) is 0.0167. The molecule has 0 aliphatic rings. The molecule has 1 unspecified atom stereocenters. The van der Waals surface area contributed by atoms with Crippen LogP contribution in [-0.4, -0.2) is 5.67 Å². The summed E-state index contributed by atoms with van der Waals surface area (Å²) in [6.07, 6.45) is 6.93. The van der Waals surface area contributed by atoms with Crippen LogP contribution in [0.3, 0.4) is 0 Å². The van der Waals surface area contributed by atoms with Gasteiger partial charge in [0, 0.05) is 5.41 Å². The third-order valence-corrected chi connectivity index (χ3v) is 3.98. The molecule has 1 atom stereocenters. The molecule has 0 aromatic heterocycles. The predicted molar refractivity (Wildman–Crippen MR) is 71.3 cm³/mol. The van der Waals surface area contributed by atoms with Gasteiger partial charge in [0.1, 0.15) is 5.67 Å². The van der Waals surface area contributed by atoms with Gasteiger partial charge in [-0.2, -0.15) is 0 Å². The summed E-state index contributed by atoms with van der Waals surface area (Å²) >= 11 is 0. The molecule has 0 aromatic carbocycles. The monoisotopic (exact) mass is 226 g/mol. The molecule has 0 radical (unpaired) electrons. The fourth-order valence-corrected chi connectivity index (χ4v) is 2.02. The average Bonchev–Trinajstić information content (AvgIpc) is 2.18. The molecule has 0 amide bonds. The summed E-state index contributed by atoms with van der Waals surface area (Å²) < 4.78 is 14.8. The second-order valence-corrected chi connectivity index (χ2v) is 5.43. The van der Waals surface area contributed by atoms with Crippen molar-refractivity contribution in [3.63, 3.8) is 0 Å². The lowest BCUT2D eigenvalue weighted by atomic mass is 9.66. The zero-order chi connectivity index (χ0) is 13.0. The Bertz CT molecular complexity index is 267. The summed E-state index contributed by atoms with van der Waals surface area (Å²) in [6, 6.07) is 0. The number of hydrogen-bond donors (Lipinski definition) is 0. The van der Waals surface area contributed by atoms with Gasteiger partial charge in [0.2, 0.25) is 0 Å². The number of hydrogen-bond acceptors (Lipinski definition) is 0. The first-order valence-electron chi connectivity index (χ1n) is 6.23. The van der Waals surface area contributed by atoms with Crippen LogP contribution in [0.15, 0.2) is 23.8 Å². The molecular formula is C15H27F. The van der Waals surface area contributed by atoms with Crippen molar-refractivity contribution in [3.05, 3.63) is 23.8 Å². The van der Waals surface area contributed by atoms with Crippen molar-refractivity contribution in [2.45, 2.75) is 60.6 Å². The largest absolute Gasteiger partial charge is 0.243 e. The second kappa shape index (κ2) is 5.65. The molecule has 1 heteroatoms. The van der Waals surface area contributed by atoms with Crippen molar-refractivity contribution in [1.29, 1.82) is 0 Å². The molecule has 0 spiro atoms. The van der Waals surface area contributed by atoms with Gasteiger partial charge in [0.05, 0.1) is 0 Å². The van der Waals surface area contributed by atoms with Crippen LogP contribution in [0.4, 0.5) is 4.39 Å². The Morgan fingerprint density at radius 3 is 2.06 bits per heavy atom. The van der Waals surface area contributed by atoms with E-state index < -0.39 is 11.1 Å². The molecule has 0 aliphatic carbocycles. The maximum absolute atomic E-state index is 14.8. The Hall–Kier alpha value is -0.590. The minimum absolute atomic E-state index is 0.0167. The zero-order valence-electron chi connectivity index (χ0n) is 11.9. The van der Waals surface area contributed by atoms with Crippen LogP contribution in [0.1, 0.15) is 54.9 Å². The van der Waals surface area contributed by atoms with Gasteiger partial charge in [0.25, 0.3) is 0 Å². The van der Waals surface area contributed by atoms with E-state index in [0.29, 0.717) is 0 Å². The van der Waals surface area contributed by atoms with E-state index in [4.69, 9.17) is 0 Å². The fourth-order valence-electron chi connectivity index (χ4n) is 2.02. The lowest BCUT2D eigenvalue weighted by molar-refractivity contribution is 0.0131. The van der Waals surface area contributed by atoms with Crippen molar-refractivity contribution in [3.8, 4) is 0 Å². The van der Waals surface area contributed by atoms with E-state index in [0.717, 1.165) is 6.42 Å². The van der Waals surface area contributed by atoms with Crippen LogP contribution in [0.25, 0.3) is 0 Å². The normalized spacial score (nSPS) is 18.2. The standard InChI is InChI=1S/C15H27F/c1-8-10-11-13(9-2)14(5,6)15(7,16)12(3)4/h8,10-12H,9H2,1-7H3/b10-8-,13-11+. The Balaban J connectivity index is 5.30. The number of alkyl halides is 1. The Labute approximate surface area is 101 Å². The molecule has 0 bridgehead atoms. The number of halogens is 1. The van der Waals surface area contributed by atoms with Crippen molar-refractivity contribution in [1.82, 2.24) is 0 Å². The highest BCUT2D eigenvalue weighted by molar-refractivity contribution is 5.22. The van der Waals surface area contributed by atoms with Crippen LogP contribution >= 0.6 is 0 Å². The van der Waals surface area contributed by atoms with E-state index >= 15 is 0 Å². The maximum atomic E-state index is 14.8. The Morgan fingerprint density at radius 1 is 1.25 bits per heavy atom. The third-order valence-electron chi connectivity index (χ3n) is 3.98. The summed E-state index contributed by atoms with van der Waals surface area (Å²) in [5.41, 5.74) is -0.435. The van der Waals surface area contributed by atoms with Crippen molar-refractivity contribution in [2.75, 3.05) is 0 Å². The lowest BCUT2D eigenvalue weighted by Crippen LogP contribution is -2.43. The van der Waals surface area contributed by atoms with Crippen molar-refractivity contribution < 1.29 is 4.39 Å². The molecule has 0 nitrogen and oxygen atoms in total. The second-order valence-electron chi connectivity index (χ2n) is 5.43. The number of rotatable bonds is 5. The molecule has 0 N–H and O–H groups in total. The van der Waals surface area contributed by atoms with Crippen LogP contribution < -0.4 is 0 Å². The minimum atomic E-state index is -1.18. The van der Waals surface area contributed by atoms with Crippen LogP contribution in [0.2, 0.25) is 0 Å². The first-order chi connectivity index (χ1) is 7.21. The molecule has 0 fully saturated rings. The lowest BCUT2D eigenvalue weighted by Gasteiger charge is -2.42. The van der Waals surface area contributed by atoms with E-state index in [9.17, 15) is 4.39 Å². The van der Waals surface area contributed by atoms with Crippen LogP contribution in [-0.2, 0) is 0 Å². The molecule has 0 saturated carbocycles. The Morgan fingerprint density at radius 2 is 1.75 bits per heavy atom. The van der Waals surface area contributed by atoms with Gasteiger partial charge in [-0.3, -0.25) is 0 Å². The van der Waals surface area contributed by atoms with E-state index in [1.54, 1.807) is 6.92 Å². The summed E-state index contributed by atoms with van der Waals surface area (Å²) in [7, 11) is 0. The SMILES string of the molecule is C/C=C\C=C(/CC)C(C)(C)C(C)(F)C(C)C. The van der Waals surface area contributed by atoms with Gasteiger partial charge < -0.3 is 0 Å². The zero-order valence-corrected chi connectivity index (χ0v) is 11.9. The maximum Gasteiger partial charge on any atom is 0.119 e. The number of allylic oxidation sites excluding steroid dienone is 4. The fraction of sp³-hybridized carbons (Fsp3) is 0.733. The van der Waals surface area contributed by atoms with Gasteiger partial charge in [0.15, 0.2) is 0 Å². The first-order valence-corrected chi connectivity index (χ1v) is 6.23. The highest BCUT2D eigenvalue weighted by Gasteiger charge is 2.45. The van der Waals surface area contributed by atoms with Crippen LogP contribution in [0.5, 0.6) is 0 Å². The highest BCUT2D eigenvalue weighted by atomic mass is 19.1.